The van der Waals surface area contributed by atoms with Crippen molar-refractivity contribution in [2.45, 2.75) is 51.5 Å². The molecule has 0 amide bonds. The van der Waals surface area contributed by atoms with Crippen molar-refractivity contribution in [2.24, 2.45) is 10.7 Å². The normalized spacial score (nSPS) is 20.0. The molecule has 3 N–H and O–H groups in total. The number of aliphatic imine (C=N–C) groups is 1. The van der Waals surface area contributed by atoms with E-state index in [1.165, 1.54) is 32.4 Å². The van der Waals surface area contributed by atoms with Gasteiger partial charge in [0.05, 0.1) is 25.4 Å². The topological polar surface area (TPSA) is 75.3 Å². The predicted molar refractivity (Wildman–Crippen MR) is 139 cm³/mol. The van der Waals surface area contributed by atoms with Gasteiger partial charge in [0.1, 0.15) is 11.5 Å². The van der Waals surface area contributed by atoms with Crippen LogP contribution in [0.15, 0.2) is 23.2 Å². The van der Waals surface area contributed by atoms with E-state index in [4.69, 9.17) is 20.2 Å². The van der Waals surface area contributed by atoms with E-state index in [2.05, 4.69) is 22.2 Å². The predicted octanol–water partition coefficient (Wildman–Crippen LogP) is 3.78. The number of ether oxygens (including phenoxy) is 2. The van der Waals surface area contributed by atoms with Crippen LogP contribution in [0.25, 0.3) is 0 Å². The molecule has 2 fully saturated rings. The summed E-state index contributed by atoms with van der Waals surface area (Å²) in [6.07, 6.45) is 6.21. The van der Waals surface area contributed by atoms with Crippen molar-refractivity contribution in [1.82, 2.24) is 9.80 Å². The molecule has 2 heterocycles. The fourth-order valence-corrected chi connectivity index (χ4v) is 4.53. The van der Waals surface area contributed by atoms with Crippen molar-refractivity contribution in [3.63, 3.8) is 0 Å². The molecule has 31 heavy (non-hydrogen) atoms. The number of piperidine rings is 2. The number of guanidine groups is 1. The number of nitrogens with one attached hydrogen (secondary N) is 1. The highest BCUT2D eigenvalue weighted by Crippen LogP contribution is 2.32. The van der Waals surface area contributed by atoms with Crippen molar-refractivity contribution in [2.75, 3.05) is 58.3 Å². The number of hydrogen-bond donors (Lipinski definition) is 2. The third-order valence-corrected chi connectivity index (χ3v) is 6.31. The van der Waals surface area contributed by atoms with Crippen molar-refractivity contribution in [1.29, 1.82) is 0 Å². The molecule has 1 aromatic carbocycles. The lowest BCUT2D eigenvalue weighted by Crippen LogP contribution is -2.58. The van der Waals surface area contributed by atoms with Crippen molar-refractivity contribution in [3.8, 4) is 11.5 Å². The van der Waals surface area contributed by atoms with Crippen LogP contribution in [0.2, 0.25) is 0 Å². The number of benzene rings is 1. The lowest BCUT2D eigenvalue weighted by Gasteiger charge is -2.49. The second-order valence-corrected chi connectivity index (χ2v) is 8.43. The monoisotopic (exact) mass is 545 g/mol. The van der Waals surface area contributed by atoms with Gasteiger partial charge in [-0.2, -0.15) is 0 Å². The maximum atomic E-state index is 6.34. The molecule has 2 aliphatic heterocycles. The first-order valence-electron chi connectivity index (χ1n) is 11.5. The van der Waals surface area contributed by atoms with Crippen LogP contribution in [0.4, 0.5) is 5.69 Å². The van der Waals surface area contributed by atoms with E-state index in [-0.39, 0.29) is 29.5 Å². The summed E-state index contributed by atoms with van der Waals surface area (Å²) >= 11 is 0. The molecule has 176 valence electrons. The molecule has 0 atom stereocenters. The van der Waals surface area contributed by atoms with Crippen LogP contribution >= 0.6 is 24.0 Å². The molecule has 0 spiro atoms. The molecule has 0 aliphatic carbocycles. The minimum atomic E-state index is 0. The van der Waals surface area contributed by atoms with Gasteiger partial charge in [0.2, 0.25) is 0 Å². The number of nitrogens with zero attached hydrogens (tertiary/aromatic N) is 3. The lowest BCUT2D eigenvalue weighted by molar-refractivity contribution is 0.0209. The maximum Gasteiger partial charge on any atom is 0.193 e. The summed E-state index contributed by atoms with van der Waals surface area (Å²) in [7, 11) is 2.21. The van der Waals surface area contributed by atoms with Crippen LogP contribution in [-0.2, 0) is 0 Å². The van der Waals surface area contributed by atoms with Gasteiger partial charge >= 0.3 is 0 Å². The molecule has 3 rings (SSSR count). The van der Waals surface area contributed by atoms with Crippen LogP contribution in [0, 0.1) is 0 Å². The van der Waals surface area contributed by atoms with Gasteiger partial charge in [-0.15, -0.1) is 24.0 Å². The first-order valence-corrected chi connectivity index (χ1v) is 11.5. The molecular weight excluding hydrogens is 505 g/mol. The maximum absolute atomic E-state index is 6.34. The smallest absolute Gasteiger partial charge is 0.193 e. The van der Waals surface area contributed by atoms with Gasteiger partial charge in [-0.3, -0.25) is 9.89 Å². The summed E-state index contributed by atoms with van der Waals surface area (Å²) in [5.41, 5.74) is 7.25. The molecule has 0 unspecified atom stereocenters. The average molecular weight is 546 g/mol. The Kier molecular flexibility index (Phi) is 10.6. The minimum absolute atomic E-state index is 0. The summed E-state index contributed by atoms with van der Waals surface area (Å²) in [5, 5.41) is 3.26. The van der Waals surface area contributed by atoms with E-state index in [1.54, 1.807) is 0 Å². The van der Waals surface area contributed by atoms with Gasteiger partial charge in [0.15, 0.2) is 5.96 Å². The second kappa shape index (κ2) is 12.7. The van der Waals surface area contributed by atoms with Gasteiger partial charge in [-0.1, -0.05) is 6.42 Å². The van der Waals surface area contributed by atoms with Crippen molar-refractivity contribution >= 4 is 35.6 Å². The van der Waals surface area contributed by atoms with E-state index in [0.717, 1.165) is 49.7 Å². The largest absolute Gasteiger partial charge is 0.494 e. The Morgan fingerprint density at radius 1 is 1.06 bits per heavy atom. The number of halogens is 1. The third kappa shape index (κ3) is 7.12. The molecular formula is C23H40IN5O2. The summed E-state index contributed by atoms with van der Waals surface area (Å²) in [6.45, 7) is 10.5. The van der Waals surface area contributed by atoms with Crippen LogP contribution < -0.4 is 20.5 Å². The Hall–Kier alpha value is -1.26. The molecule has 8 heteroatoms. The Bertz CT molecular complexity index is 701. The molecule has 0 aromatic heterocycles. The van der Waals surface area contributed by atoms with Gasteiger partial charge in [0, 0.05) is 11.6 Å². The zero-order valence-electron chi connectivity index (χ0n) is 19.4. The lowest BCUT2D eigenvalue weighted by atomic mass is 9.84. The number of nitrogens with two attached hydrogens (primary N) is 1. The fraction of sp³-hybridized carbons (Fsp3) is 0.696. The molecule has 7 nitrogen and oxygen atoms in total. The summed E-state index contributed by atoms with van der Waals surface area (Å²) in [5.74, 6) is 1.97. The van der Waals surface area contributed by atoms with E-state index >= 15 is 0 Å². The Balaban J connectivity index is 0.00000341. The minimum Gasteiger partial charge on any atom is -0.494 e. The van der Waals surface area contributed by atoms with Crippen LogP contribution in [0.5, 0.6) is 11.5 Å². The fourth-order valence-electron chi connectivity index (χ4n) is 4.53. The summed E-state index contributed by atoms with van der Waals surface area (Å²) < 4.78 is 11.4. The third-order valence-electron chi connectivity index (χ3n) is 6.31. The van der Waals surface area contributed by atoms with Crippen molar-refractivity contribution in [3.05, 3.63) is 18.2 Å². The number of rotatable bonds is 8. The highest BCUT2D eigenvalue weighted by molar-refractivity contribution is 14.0. The van der Waals surface area contributed by atoms with Gasteiger partial charge in [0.25, 0.3) is 0 Å². The highest BCUT2D eigenvalue weighted by Gasteiger charge is 2.39. The Labute approximate surface area is 204 Å². The Morgan fingerprint density at radius 3 is 2.39 bits per heavy atom. The molecule has 1 aromatic rings. The first kappa shape index (κ1) is 26.0. The first-order chi connectivity index (χ1) is 14.6. The number of anilines is 1. The van der Waals surface area contributed by atoms with E-state index in [0.29, 0.717) is 19.2 Å². The average Bonchev–Trinajstić information content (AvgIpc) is 2.76. The SMILES string of the molecule is CCOc1ccc(OCC)c(NC(N)=NCC2(N3CCCCC3)CCN(C)CC2)c1.I. The summed E-state index contributed by atoms with van der Waals surface area (Å²) in [4.78, 5) is 9.92. The van der Waals surface area contributed by atoms with Crippen LogP contribution in [0.3, 0.4) is 0 Å². The molecule has 0 saturated carbocycles. The number of hydrogen-bond acceptors (Lipinski definition) is 5. The molecule has 2 saturated heterocycles. The van der Waals surface area contributed by atoms with Gasteiger partial charge < -0.3 is 25.4 Å². The quantitative estimate of drug-likeness (QED) is 0.294. The van der Waals surface area contributed by atoms with E-state index < -0.39 is 0 Å². The van der Waals surface area contributed by atoms with Crippen molar-refractivity contribution < 1.29 is 9.47 Å². The second-order valence-electron chi connectivity index (χ2n) is 8.43. The van der Waals surface area contributed by atoms with Crippen LogP contribution in [-0.4, -0.2) is 74.3 Å². The van der Waals surface area contributed by atoms with Gasteiger partial charge in [-0.05, 0) is 84.9 Å². The molecule has 0 radical (unpaired) electrons. The highest BCUT2D eigenvalue weighted by atomic mass is 127. The molecule has 2 aliphatic rings. The van der Waals surface area contributed by atoms with Gasteiger partial charge in [-0.25, -0.2) is 0 Å². The van der Waals surface area contributed by atoms with E-state index in [9.17, 15) is 0 Å². The van der Waals surface area contributed by atoms with Crippen LogP contribution in [0.1, 0.15) is 46.0 Å². The Morgan fingerprint density at radius 2 is 1.74 bits per heavy atom. The number of likely N-dealkylation sites (tertiary alicyclic amines) is 2. The van der Waals surface area contributed by atoms with E-state index in [1.807, 2.05) is 32.0 Å². The zero-order valence-corrected chi connectivity index (χ0v) is 21.7. The standard InChI is InChI=1S/C23H39N5O2.HI/c1-4-29-19-9-10-21(30-5-2)20(17-19)26-22(24)25-18-23(11-15-27(3)16-12-23)28-13-7-6-8-14-28;/h9-10,17H,4-8,11-16,18H2,1-3H3,(H3,24,25,26);1H. The summed E-state index contributed by atoms with van der Waals surface area (Å²) in [6, 6.07) is 5.75. The molecule has 0 bridgehead atoms. The zero-order chi connectivity index (χ0) is 21.4.